The summed E-state index contributed by atoms with van der Waals surface area (Å²) in [6.07, 6.45) is 0. The van der Waals surface area contributed by atoms with Crippen LogP contribution in [0.2, 0.25) is 5.02 Å². The van der Waals surface area contributed by atoms with Crippen molar-refractivity contribution in [3.63, 3.8) is 0 Å². The van der Waals surface area contributed by atoms with Gasteiger partial charge in [0.2, 0.25) is 0 Å². The minimum atomic E-state index is 0.0312. The Morgan fingerprint density at radius 3 is 2.59 bits per heavy atom. The molecule has 4 heteroatoms. The van der Waals surface area contributed by atoms with Crippen molar-refractivity contribution in [2.24, 2.45) is 0 Å². The molecule has 2 aromatic carbocycles. The Balaban J connectivity index is 2.05. The van der Waals surface area contributed by atoms with Crippen LogP contribution in [0.25, 0.3) is 0 Å². The van der Waals surface area contributed by atoms with Crippen molar-refractivity contribution in [1.29, 1.82) is 0 Å². The average molecular weight is 251 g/mol. The van der Waals surface area contributed by atoms with Gasteiger partial charge in [-0.25, -0.2) is 0 Å². The van der Waals surface area contributed by atoms with Crippen molar-refractivity contribution < 1.29 is 14.9 Å². The van der Waals surface area contributed by atoms with Crippen molar-refractivity contribution in [3.05, 3.63) is 53.1 Å². The largest absolute Gasteiger partial charge is 0.508 e. The van der Waals surface area contributed by atoms with Gasteiger partial charge in [0.1, 0.15) is 23.9 Å². The molecule has 0 aliphatic rings. The fourth-order valence-electron chi connectivity index (χ4n) is 1.39. The van der Waals surface area contributed by atoms with Crippen LogP contribution in [-0.2, 0) is 6.61 Å². The van der Waals surface area contributed by atoms with E-state index in [4.69, 9.17) is 16.3 Å². The van der Waals surface area contributed by atoms with Crippen molar-refractivity contribution in [1.82, 2.24) is 0 Å². The number of hydrogen-bond acceptors (Lipinski definition) is 3. The van der Waals surface area contributed by atoms with E-state index in [0.29, 0.717) is 17.4 Å². The van der Waals surface area contributed by atoms with E-state index in [-0.39, 0.29) is 11.5 Å². The number of hydrogen-bond donors (Lipinski definition) is 2. The Bertz CT molecular complexity index is 526. The molecular weight excluding hydrogens is 240 g/mol. The maximum absolute atomic E-state index is 9.41. The van der Waals surface area contributed by atoms with Crippen LogP contribution in [0, 0.1) is 0 Å². The Morgan fingerprint density at radius 1 is 1.06 bits per heavy atom. The summed E-state index contributed by atoms with van der Waals surface area (Å²) >= 11 is 5.69. The third kappa shape index (κ3) is 3.04. The summed E-state index contributed by atoms with van der Waals surface area (Å²) in [5.74, 6) is 0.754. The second-order valence-electron chi connectivity index (χ2n) is 3.57. The lowest BCUT2D eigenvalue weighted by Crippen LogP contribution is -1.94. The van der Waals surface area contributed by atoms with Crippen LogP contribution < -0.4 is 4.74 Å². The number of phenols is 2. The molecule has 88 valence electrons. The van der Waals surface area contributed by atoms with Crippen molar-refractivity contribution >= 4 is 11.6 Å². The van der Waals surface area contributed by atoms with Crippen LogP contribution in [0.1, 0.15) is 5.56 Å². The third-order valence-electron chi connectivity index (χ3n) is 2.23. The minimum absolute atomic E-state index is 0.0312. The predicted molar refractivity (Wildman–Crippen MR) is 65.6 cm³/mol. The van der Waals surface area contributed by atoms with Crippen LogP contribution in [-0.4, -0.2) is 10.2 Å². The highest BCUT2D eigenvalue weighted by atomic mass is 35.5. The Kier molecular flexibility index (Phi) is 3.40. The summed E-state index contributed by atoms with van der Waals surface area (Å²) in [7, 11) is 0. The minimum Gasteiger partial charge on any atom is -0.508 e. The molecule has 17 heavy (non-hydrogen) atoms. The van der Waals surface area contributed by atoms with Gasteiger partial charge < -0.3 is 14.9 Å². The first-order chi connectivity index (χ1) is 8.15. The predicted octanol–water partition coefficient (Wildman–Crippen LogP) is 3.33. The van der Waals surface area contributed by atoms with Gasteiger partial charge in [-0.1, -0.05) is 23.7 Å². The van der Waals surface area contributed by atoms with Gasteiger partial charge in [-0.3, -0.25) is 0 Å². The molecule has 0 saturated heterocycles. The Hall–Kier alpha value is -1.87. The molecular formula is C13H11ClO3. The standard InChI is InChI=1S/C13H11ClO3/c14-12-5-4-9(6-13(12)16)8-17-11-3-1-2-10(15)7-11/h1-7,15-16H,8H2. The van der Waals surface area contributed by atoms with Crippen molar-refractivity contribution in [3.8, 4) is 17.2 Å². The normalized spacial score (nSPS) is 10.2. The van der Waals surface area contributed by atoms with Crippen LogP contribution in [0.5, 0.6) is 17.2 Å². The molecule has 0 spiro atoms. The summed E-state index contributed by atoms with van der Waals surface area (Å²) in [6.45, 7) is 0.300. The molecule has 0 saturated carbocycles. The smallest absolute Gasteiger partial charge is 0.134 e. The highest BCUT2D eigenvalue weighted by Gasteiger charge is 2.01. The summed E-state index contributed by atoms with van der Waals surface area (Å²) in [5, 5.41) is 19.0. The van der Waals surface area contributed by atoms with Gasteiger partial charge in [0.05, 0.1) is 5.02 Å². The first kappa shape index (κ1) is 11.6. The number of ether oxygens (including phenoxy) is 1. The molecule has 2 N–H and O–H groups in total. The lowest BCUT2D eigenvalue weighted by molar-refractivity contribution is 0.303. The Labute approximate surface area is 104 Å². The van der Waals surface area contributed by atoms with E-state index in [9.17, 15) is 10.2 Å². The fraction of sp³-hybridized carbons (Fsp3) is 0.0769. The quantitative estimate of drug-likeness (QED) is 0.879. The molecule has 0 amide bonds. The SMILES string of the molecule is Oc1cccc(OCc2ccc(Cl)c(O)c2)c1. The van der Waals surface area contributed by atoms with Gasteiger partial charge in [-0.15, -0.1) is 0 Å². The van der Waals surface area contributed by atoms with E-state index < -0.39 is 0 Å². The number of rotatable bonds is 3. The topological polar surface area (TPSA) is 49.7 Å². The first-order valence-corrected chi connectivity index (χ1v) is 5.42. The zero-order valence-electron chi connectivity index (χ0n) is 8.93. The van der Waals surface area contributed by atoms with Crippen LogP contribution in [0.15, 0.2) is 42.5 Å². The maximum Gasteiger partial charge on any atom is 0.134 e. The van der Waals surface area contributed by atoms with Gasteiger partial charge in [-0.2, -0.15) is 0 Å². The molecule has 0 bridgehead atoms. The van der Waals surface area contributed by atoms with E-state index in [1.807, 2.05) is 0 Å². The van der Waals surface area contributed by atoms with Crippen LogP contribution >= 0.6 is 11.6 Å². The van der Waals surface area contributed by atoms with E-state index >= 15 is 0 Å². The Morgan fingerprint density at radius 2 is 1.88 bits per heavy atom. The molecule has 0 radical (unpaired) electrons. The summed E-state index contributed by atoms with van der Waals surface area (Å²) in [5.41, 5.74) is 0.801. The van der Waals surface area contributed by atoms with Crippen LogP contribution in [0.4, 0.5) is 0 Å². The molecule has 0 fully saturated rings. The lowest BCUT2D eigenvalue weighted by atomic mass is 10.2. The van der Waals surface area contributed by atoms with Gasteiger partial charge in [0.25, 0.3) is 0 Å². The molecule has 0 aromatic heterocycles. The molecule has 3 nitrogen and oxygen atoms in total. The van der Waals surface area contributed by atoms with E-state index in [1.54, 1.807) is 36.4 Å². The average Bonchev–Trinajstić information content (AvgIpc) is 2.31. The van der Waals surface area contributed by atoms with Gasteiger partial charge in [0.15, 0.2) is 0 Å². The fourth-order valence-corrected chi connectivity index (χ4v) is 1.51. The second kappa shape index (κ2) is 4.97. The molecule has 0 unspecified atom stereocenters. The zero-order chi connectivity index (χ0) is 12.3. The van der Waals surface area contributed by atoms with E-state index in [2.05, 4.69) is 0 Å². The second-order valence-corrected chi connectivity index (χ2v) is 3.98. The molecule has 0 aliphatic carbocycles. The first-order valence-electron chi connectivity index (χ1n) is 5.04. The van der Waals surface area contributed by atoms with Gasteiger partial charge in [0, 0.05) is 6.07 Å². The van der Waals surface area contributed by atoms with Crippen LogP contribution in [0.3, 0.4) is 0 Å². The summed E-state index contributed by atoms with van der Waals surface area (Å²) < 4.78 is 5.45. The zero-order valence-corrected chi connectivity index (χ0v) is 9.69. The molecule has 0 atom stereocenters. The highest BCUT2D eigenvalue weighted by Crippen LogP contribution is 2.25. The summed E-state index contributed by atoms with van der Waals surface area (Å²) in [4.78, 5) is 0. The summed E-state index contributed by atoms with van der Waals surface area (Å²) in [6, 6.07) is 11.5. The molecule has 0 aliphatic heterocycles. The van der Waals surface area contributed by atoms with Gasteiger partial charge in [-0.05, 0) is 29.8 Å². The third-order valence-corrected chi connectivity index (χ3v) is 2.55. The number of phenolic OH excluding ortho intramolecular Hbond substituents is 2. The maximum atomic E-state index is 9.41. The molecule has 2 aromatic rings. The monoisotopic (exact) mass is 250 g/mol. The number of aromatic hydroxyl groups is 2. The number of benzene rings is 2. The molecule has 2 rings (SSSR count). The lowest BCUT2D eigenvalue weighted by Gasteiger charge is -2.07. The van der Waals surface area contributed by atoms with E-state index in [0.717, 1.165) is 5.56 Å². The van der Waals surface area contributed by atoms with Crippen molar-refractivity contribution in [2.75, 3.05) is 0 Å². The van der Waals surface area contributed by atoms with E-state index in [1.165, 1.54) is 6.07 Å². The van der Waals surface area contributed by atoms with Gasteiger partial charge >= 0.3 is 0 Å². The van der Waals surface area contributed by atoms with Crippen molar-refractivity contribution in [2.45, 2.75) is 6.61 Å². The molecule has 0 heterocycles. The highest BCUT2D eigenvalue weighted by molar-refractivity contribution is 6.31. The number of halogens is 1.